The molecule has 3 atom stereocenters. The van der Waals surface area contributed by atoms with Crippen LogP contribution in [0.15, 0.2) is 11.4 Å². The average Bonchev–Trinajstić information content (AvgIpc) is 2.79. The maximum atomic E-state index is 5.94. The fourth-order valence-electron chi connectivity index (χ4n) is 2.27. The number of likely N-dealkylation sites (N-methyl/N-ethyl adjacent to an activating group) is 1. The number of aryl methyl sites for hydroxylation is 1. The van der Waals surface area contributed by atoms with Gasteiger partial charge in [0.05, 0.1) is 18.2 Å². The van der Waals surface area contributed by atoms with E-state index in [0.717, 1.165) is 0 Å². The molecule has 1 fully saturated rings. The lowest BCUT2D eigenvalue weighted by Gasteiger charge is -2.23. The first kappa shape index (κ1) is 11.1. The van der Waals surface area contributed by atoms with E-state index < -0.39 is 0 Å². The Morgan fingerprint density at radius 3 is 2.80 bits per heavy atom. The molecular formula is C12H19NOS. The molecule has 3 heteroatoms. The molecule has 0 bridgehead atoms. The lowest BCUT2D eigenvalue weighted by atomic mass is 10.0. The maximum Gasteiger partial charge on any atom is 0.0782 e. The largest absolute Gasteiger partial charge is 0.373 e. The Morgan fingerprint density at radius 2 is 2.33 bits per heavy atom. The minimum atomic E-state index is 0.349. The van der Waals surface area contributed by atoms with Gasteiger partial charge < -0.3 is 10.1 Å². The highest BCUT2D eigenvalue weighted by molar-refractivity contribution is 7.10. The molecule has 1 aromatic heterocycles. The molecular weight excluding hydrogens is 206 g/mol. The molecule has 1 aliphatic rings. The van der Waals surface area contributed by atoms with Crippen LogP contribution in [0.4, 0.5) is 0 Å². The van der Waals surface area contributed by atoms with E-state index in [4.69, 9.17) is 4.74 Å². The molecule has 84 valence electrons. The van der Waals surface area contributed by atoms with Crippen LogP contribution in [0.1, 0.15) is 36.2 Å². The van der Waals surface area contributed by atoms with Crippen LogP contribution in [-0.4, -0.2) is 19.3 Å². The Bertz CT molecular complexity index is 323. The van der Waals surface area contributed by atoms with Crippen molar-refractivity contribution >= 4 is 11.3 Å². The van der Waals surface area contributed by atoms with Crippen molar-refractivity contribution in [2.45, 2.75) is 44.9 Å². The van der Waals surface area contributed by atoms with Gasteiger partial charge in [-0.3, -0.25) is 0 Å². The highest BCUT2D eigenvalue weighted by atomic mass is 32.1. The van der Waals surface area contributed by atoms with Crippen molar-refractivity contribution in [3.63, 3.8) is 0 Å². The summed E-state index contributed by atoms with van der Waals surface area (Å²) in [6.45, 7) is 4.34. The summed E-state index contributed by atoms with van der Waals surface area (Å²) in [6, 6.07) is 2.55. The number of hydrogen-bond donors (Lipinski definition) is 1. The molecule has 1 N–H and O–H groups in total. The van der Waals surface area contributed by atoms with Crippen molar-refractivity contribution < 1.29 is 4.74 Å². The standard InChI is InChI=1S/C12H19NOS/c1-8-6-7-15-12(8)11(13-3)10-5-4-9(2)14-10/h6-7,9-11,13H,4-5H2,1-3H3. The van der Waals surface area contributed by atoms with Gasteiger partial charge >= 0.3 is 0 Å². The van der Waals surface area contributed by atoms with Crippen molar-refractivity contribution in [2.24, 2.45) is 0 Å². The van der Waals surface area contributed by atoms with Crippen molar-refractivity contribution in [3.05, 3.63) is 21.9 Å². The van der Waals surface area contributed by atoms with Gasteiger partial charge in [0.1, 0.15) is 0 Å². The summed E-state index contributed by atoms with van der Waals surface area (Å²) >= 11 is 1.83. The first-order valence-corrected chi connectivity index (χ1v) is 6.47. The van der Waals surface area contributed by atoms with Crippen LogP contribution in [-0.2, 0) is 4.74 Å². The van der Waals surface area contributed by atoms with Gasteiger partial charge in [0, 0.05) is 4.88 Å². The first-order valence-electron chi connectivity index (χ1n) is 5.59. The third kappa shape index (κ3) is 2.25. The van der Waals surface area contributed by atoms with Gasteiger partial charge in [0.25, 0.3) is 0 Å². The zero-order chi connectivity index (χ0) is 10.8. The van der Waals surface area contributed by atoms with E-state index in [1.54, 1.807) is 0 Å². The van der Waals surface area contributed by atoms with Crippen LogP contribution in [0.25, 0.3) is 0 Å². The summed E-state index contributed by atoms with van der Waals surface area (Å²) in [6.07, 6.45) is 3.13. The summed E-state index contributed by atoms with van der Waals surface area (Å²) in [5.74, 6) is 0. The fourth-order valence-corrected chi connectivity index (χ4v) is 3.36. The SMILES string of the molecule is CNC(c1sccc1C)C1CCC(C)O1. The van der Waals surface area contributed by atoms with Crippen LogP contribution in [0, 0.1) is 6.92 Å². The third-order valence-electron chi connectivity index (χ3n) is 3.13. The smallest absolute Gasteiger partial charge is 0.0782 e. The maximum absolute atomic E-state index is 5.94. The van der Waals surface area contributed by atoms with E-state index in [-0.39, 0.29) is 0 Å². The third-order valence-corrected chi connectivity index (χ3v) is 4.23. The fraction of sp³-hybridized carbons (Fsp3) is 0.667. The molecule has 3 unspecified atom stereocenters. The van der Waals surface area contributed by atoms with Crippen molar-refractivity contribution in [1.82, 2.24) is 5.32 Å². The second-order valence-corrected chi connectivity index (χ2v) is 5.24. The predicted molar refractivity (Wildman–Crippen MR) is 64.4 cm³/mol. The average molecular weight is 225 g/mol. The van der Waals surface area contributed by atoms with Crippen molar-refractivity contribution in [1.29, 1.82) is 0 Å². The Morgan fingerprint density at radius 1 is 1.53 bits per heavy atom. The van der Waals surface area contributed by atoms with Gasteiger partial charge in [0.2, 0.25) is 0 Å². The first-order chi connectivity index (χ1) is 7.22. The molecule has 1 aromatic rings. The molecule has 0 saturated carbocycles. The highest BCUT2D eigenvalue weighted by Crippen LogP contribution is 2.33. The van der Waals surface area contributed by atoms with E-state index in [1.165, 1.54) is 23.3 Å². The second kappa shape index (κ2) is 4.64. The van der Waals surface area contributed by atoms with Crippen molar-refractivity contribution in [3.8, 4) is 0 Å². The molecule has 1 aliphatic heterocycles. The molecule has 0 radical (unpaired) electrons. The number of rotatable bonds is 3. The van der Waals surface area contributed by atoms with Crippen LogP contribution in [0.5, 0.6) is 0 Å². The minimum Gasteiger partial charge on any atom is -0.373 e. The van der Waals surface area contributed by atoms with E-state index in [1.807, 2.05) is 18.4 Å². The quantitative estimate of drug-likeness (QED) is 0.854. The van der Waals surface area contributed by atoms with Gasteiger partial charge in [-0.05, 0) is 50.7 Å². The van der Waals surface area contributed by atoms with E-state index in [0.29, 0.717) is 18.2 Å². The predicted octanol–water partition coefficient (Wildman–Crippen LogP) is 2.88. The zero-order valence-electron chi connectivity index (χ0n) is 9.62. The number of thiophene rings is 1. The van der Waals surface area contributed by atoms with Crippen LogP contribution >= 0.6 is 11.3 Å². The van der Waals surface area contributed by atoms with E-state index in [2.05, 4.69) is 30.6 Å². The summed E-state index contributed by atoms with van der Waals surface area (Å²) in [4.78, 5) is 1.43. The van der Waals surface area contributed by atoms with Gasteiger partial charge in [0.15, 0.2) is 0 Å². The van der Waals surface area contributed by atoms with Crippen LogP contribution < -0.4 is 5.32 Å². The number of hydrogen-bond acceptors (Lipinski definition) is 3. The Kier molecular flexibility index (Phi) is 3.44. The lowest BCUT2D eigenvalue weighted by Crippen LogP contribution is -2.29. The molecule has 0 spiro atoms. The van der Waals surface area contributed by atoms with Crippen molar-refractivity contribution in [2.75, 3.05) is 7.05 Å². The summed E-state index contributed by atoms with van der Waals surface area (Å²) in [5.41, 5.74) is 1.38. The molecule has 15 heavy (non-hydrogen) atoms. The normalized spacial score (nSPS) is 28.2. The topological polar surface area (TPSA) is 21.3 Å². The van der Waals surface area contributed by atoms with E-state index >= 15 is 0 Å². The molecule has 2 rings (SSSR count). The van der Waals surface area contributed by atoms with Crippen LogP contribution in [0.2, 0.25) is 0 Å². The molecule has 0 amide bonds. The molecule has 2 nitrogen and oxygen atoms in total. The van der Waals surface area contributed by atoms with E-state index in [9.17, 15) is 0 Å². The van der Waals surface area contributed by atoms with Crippen LogP contribution in [0.3, 0.4) is 0 Å². The Hall–Kier alpha value is -0.380. The van der Waals surface area contributed by atoms with Gasteiger partial charge in [-0.25, -0.2) is 0 Å². The second-order valence-electron chi connectivity index (χ2n) is 4.30. The number of ether oxygens (including phenoxy) is 1. The Balaban J connectivity index is 2.14. The summed E-state index contributed by atoms with van der Waals surface area (Å²) < 4.78 is 5.94. The number of nitrogens with one attached hydrogen (secondary N) is 1. The summed E-state index contributed by atoms with van der Waals surface area (Å²) in [5, 5.41) is 5.55. The zero-order valence-corrected chi connectivity index (χ0v) is 10.4. The monoisotopic (exact) mass is 225 g/mol. The Labute approximate surface area is 95.6 Å². The molecule has 2 heterocycles. The summed E-state index contributed by atoms with van der Waals surface area (Å²) in [7, 11) is 2.02. The molecule has 0 aromatic carbocycles. The lowest BCUT2D eigenvalue weighted by molar-refractivity contribution is 0.0339. The minimum absolute atomic E-state index is 0.349. The molecule has 0 aliphatic carbocycles. The van der Waals surface area contributed by atoms with Gasteiger partial charge in [-0.1, -0.05) is 0 Å². The van der Waals surface area contributed by atoms with Gasteiger partial charge in [-0.2, -0.15) is 0 Å². The highest BCUT2D eigenvalue weighted by Gasteiger charge is 2.30. The molecule has 1 saturated heterocycles. The van der Waals surface area contributed by atoms with Gasteiger partial charge in [-0.15, -0.1) is 11.3 Å².